The summed E-state index contributed by atoms with van der Waals surface area (Å²) >= 11 is 1.63. The summed E-state index contributed by atoms with van der Waals surface area (Å²) in [7, 11) is 1.66. The van der Waals surface area contributed by atoms with Crippen LogP contribution in [0.25, 0.3) is 10.7 Å². The van der Waals surface area contributed by atoms with Crippen molar-refractivity contribution < 1.29 is 4.74 Å². The van der Waals surface area contributed by atoms with Crippen molar-refractivity contribution in [3.05, 3.63) is 47.3 Å². The molecule has 20 heavy (non-hydrogen) atoms. The van der Waals surface area contributed by atoms with Crippen LogP contribution in [0.2, 0.25) is 0 Å². The van der Waals surface area contributed by atoms with Gasteiger partial charge in [-0.2, -0.15) is 4.98 Å². The topological polar surface area (TPSA) is 62.8 Å². The van der Waals surface area contributed by atoms with Gasteiger partial charge in [0.25, 0.3) is 0 Å². The van der Waals surface area contributed by atoms with Crippen LogP contribution in [0.5, 0.6) is 5.75 Å². The fraction of sp³-hybridized carbons (Fsp3) is 0.143. The first-order valence-electron chi connectivity index (χ1n) is 6.18. The third-order valence-corrected chi connectivity index (χ3v) is 3.73. The lowest BCUT2D eigenvalue weighted by molar-refractivity contribution is 0.414. The normalized spacial score (nSPS) is 10.4. The van der Waals surface area contributed by atoms with Gasteiger partial charge < -0.3 is 10.1 Å². The predicted octanol–water partition coefficient (Wildman–Crippen LogP) is 3.15. The second-order valence-corrected chi connectivity index (χ2v) is 5.13. The van der Waals surface area contributed by atoms with Crippen molar-refractivity contribution in [1.82, 2.24) is 15.2 Å². The van der Waals surface area contributed by atoms with E-state index < -0.39 is 0 Å². The summed E-state index contributed by atoms with van der Waals surface area (Å²) in [4.78, 5) is 5.49. The molecule has 0 radical (unpaired) electrons. The number of ether oxygens (including phenoxy) is 1. The van der Waals surface area contributed by atoms with Crippen LogP contribution in [-0.2, 0) is 6.54 Å². The fourth-order valence-electron chi connectivity index (χ4n) is 1.79. The highest BCUT2D eigenvalue weighted by atomic mass is 32.1. The van der Waals surface area contributed by atoms with E-state index in [0.29, 0.717) is 12.5 Å². The maximum Gasteiger partial charge on any atom is 0.242 e. The molecule has 6 heteroatoms. The molecule has 0 bridgehead atoms. The van der Waals surface area contributed by atoms with Crippen LogP contribution in [0.15, 0.2) is 41.8 Å². The molecule has 0 atom stereocenters. The number of hydrogen-bond donors (Lipinski definition) is 2. The van der Waals surface area contributed by atoms with E-state index in [2.05, 4.69) is 20.5 Å². The summed E-state index contributed by atoms with van der Waals surface area (Å²) in [5, 5.41) is 12.3. The third-order valence-electron chi connectivity index (χ3n) is 2.85. The van der Waals surface area contributed by atoms with Crippen LogP contribution in [0, 0.1) is 0 Å². The van der Waals surface area contributed by atoms with Gasteiger partial charge in [-0.05, 0) is 29.1 Å². The number of thiophene rings is 1. The number of methoxy groups -OCH3 is 1. The molecule has 1 aromatic carbocycles. The minimum atomic E-state index is 0.601. The van der Waals surface area contributed by atoms with E-state index in [4.69, 9.17) is 4.74 Å². The number of aromatic amines is 1. The summed E-state index contributed by atoms with van der Waals surface area (Å²) in [6, 6.07) is 11.9. The Morgan fingerprint density at radius 2 is 2.10 bits per heavy atom. The monoisotopic (exact) mass is 286 g/mol. The number of nitrogens with one attached hydrogen (secondary N) is 2. The molecule has 0 aliphatic carbocycles. The van der Waals surface area contributed by atoms with Crippen molar-refractivity contribution >= 4 is 17.3 Å². The van der Waals surface area contributed by atoms with Crippen molar-refractivity contribution in [2.75, 3.05) is 12.4 Å². The zero-order valence-electron chi connectivity index (χ0n) is 11.0. The molecule has 0 aliphatic heterocycles. The van der Waals surface area contributed by atoms with E-state index in [-0.39, 0.29) is 0 Å². The Morgan fingerprint density at radius 1 is 1.25 bits per heavy atom. The number of anilines is 1. The molecule has 0 amide bonds. The molecule has 0 saturated heterocycles. The minimum absolute atomic E-state index is 0.601. The summed E-state index contributed by atoms with van der Waals surface area (Å²) in [5.74, 6) is 2.24. The van der Waals surface area contributed by atoms with Crippen LogP contribution in [0.4, 0.5) is 5.95 Å². The minimum Gasteiger partial charge on any atom is -0.497 e. The number of hydrogen-bond acceptors (Lipinski definition) is 5. The Balaban J connectivity index is 1.63. The first-order valence-corrected chi connectivity index (χ1v) is 7.06. The molecule has 0 saturated carbocycles. The Labute approximate surface area is 120 Å². The average Bonchev–Trinajstić information content (AvgIpc) is 3.16. The standard InChI is InChI=1S/C14H14N4OS/c1-19-11-6-4-10(5-7-11)9-15-14-16-13(17-18-14)12-3-2-8-20-12/h2-8H,9H2,1H3,(H2,15,16,17,18). The Kier molecular flexibility index (Phi) is 3.64. The quantitative estimate of drug-likeness (QED) is 0.756. The molecule has 2 heterocycles. The molecule has 102 valence electrons. The van der Waals surface area contributed by atoms with Crippen LogP contribution < -0.4 is 10.1 Å². The smallest absolute Gasteiger partial charge is 0.242 e. The van der Waals surface area contributed by atoms with Crippen LogP contribution >= 0.6 is 11.3 Å². The number of nitrogens with zero attached hydrogens (tertiary/aromatic N) is 2. The van der Waals surface area contributed by atoms with Crippen molar-refractivity contribution in [2.45, 2.75) is 6.54 Å². The van der Waals surface area contributed by atoms with Gasteiger partial charge in [-0.15, -0.1) is 16.4 Å². The molecule has 0 unspecified atom stereocenters. The van der Waals surface area contributed by atoms with Gasteiger partial charge in [-0.3, -0.25) is 5.10 Å². The van der Waals surface area contributed by atoms with Gasteiger partial charge in [-0.1, -0.05) is 18.2 Å². The molecular weight excluding hydrogens is 272 g/mol. The molecule has 2 N–H and O–H groups in total. The SMILES string of the molecule is COc1ccc(CNc2n[nH]c(-c3cccs3)n2)cc1. The molecule has 3 rings (SSSR count). The predicted molar refractivity (Wildman–Crippen MR) is 80.0 cm³/mol. The zero-order valence-corrected chi connectivity index (χ0v) is 11.8. The van der Waals surface area contributed by atoms with E-state index >= 15 is 0 Å². The van der Waals surface area contributed by atoms with Crippen LogP contribution in [0.3, 0.4) is 0 Å². The molecule has 2 aromatic heterocycles. The van der Waals surface area contributed by atoms with E-state index in [1.807, 2.05) is 41.8 Å². The molecule has 0 fully saturated rings. The van der Waals surface area contributed by atoms with E-state index in [1.54, 1.807) is 18.4 Å². The van der Waals surface area contributed by atoms with Crippen molar-refractivity contribution in [1.29, 1.82) is 0 Å². The highest BCUT2D eigenvalue weighted by molar-refractivity contribution is 7.13. The first kappa shape index (κ1) is 12.7. The highest BCUT2D eigenvalue weighted by Crippen LogP contribution is 2.21. The second-order valence-electron chi connectivity index (χ2n) is 4.19. The lowest BCUT2D eigenvalue weighted by atomic mass is 10.2. The molecule has 0 spiro atoms. The third kappa shape index (κ3) is 2.80. The molecule has 5 nitrogen and oxygen atoms in total. The molecule has 3 aromatic rings. The van der Waals surface area contributed by atoms with Gasteiger partial charge in [0.1, 0.15) is 5.75 Å². The molecular formula is C14H14N4OS. The molecule has 0 aliphatic rings. The maximum absolute atomic E-state index is 5.13. The second kappa shape index (κ2) is 5.75. The van der Waals surface area contributed by atoms with Crippen molar-refractivity contribution in [3.8, 4) is 16.5 Å². The summed E-state index contributed by atoms with van der Waals surface area (Å²) < 4.78 is 5.13. The van der Waals surface area contributed by atoms with Crippen LogP contribution in [0.1, 0.15) is 5.56 Å². The van der Waals surface area contributed by atoms with E-state index in [0.717, 1.165) is 22.0 Å². The first-order chi connectivity index (χ1) is 9.85. The average molecular weight is 286 g/mol. The Hall–Kier alpha value is -2.34. The Bertz CT molecular complexity index is 661. The number of H-pyrrole nitrogens is 1. The summed E-state index contributed by atoms with van der Waals surface area (Å²) in [6.45, 7) is 0.672. The van der Waals surface area contributed by atoms with Gasteiger partial charge in [0, 0.05) is 6.54 Å². The largest absolute Gasteiger partial charge is 0.497 e. The van der Waals surface area contributed by atoms with Crippen molar-refractivity contribution in [2.24, 2.45) is 0 Å². The van der Waals surface area contributed by atoms with Crippen molar-refractivity contribution in [3.63, 3.8) is 0 Å². The Morgan fingerprint density at radius 3 is 2.80 bits per heavy atom. The van der Waals surface area contributed by atoms with Gasteiger partial charge in [0.05, 0.1) is 12.0 Å². The fourth-order valence-corrected chi connectivity index (χ4v) is 2.45. The van der Waals surface area contributed by atoms with Gasteiger partial charge in [0.15, 0.2) is 5.82 Å². The number of benzene rings is 1. The van der Waals surface area contributed by atoms with E-state index in [9.17, 15) is 0 Å². The van der Waals surface area contributed by atoms with Gasteiger partial charge in [0.2, 0.25) is 5.95 Å². The van der Waals surface area contributed by atoms with Gasteiger partial charge in [-0.25, -0.2) is 0 Å². The maximum atomic E-state index is 5.13. The summed E-state index contributed by atoms with van der Waals surface area (Å²) in [6.07, 6.45) is 0. The van der Waals surface area contributed by atoms with E-state index in [1.165, 1.54) is 0 Å². The lowest BCUT2D eigenvalue weighted by Crippen LogP contribution is -2.00. The highest BCUT2D eigenvalue weighted by Gasteiger charge is 2.05. The number of aromatic nitrogens is 3. The number of rotatable bonds is 5. The zero-order chi connectivity index (χ0) is 13.8. The lowest BCUT2D eigenvalue weighted by Gasteiger charge is -2.03. The summed E-state index contributed by atoms with van der Waals surface area (Å²) in [5.41, 5.74) is 1.15. The van der Waals surface area contributed by atoms with Gasteiger partial charge >= 0.3 is 0 Å². The van der Waals surface area contributed by atoms with Crippen LogP contribution in [-0.4, -0.2) is 22.3 Å².